The summed E-state index contributed by atoms with van der Waals surface area (Å²) in [5.74, 6) is 0.782. The van der Waals surface area contributed by atoms with E-state index in [1.165, 1.54) is 0 Å². The number of carbonyl (C=O) groups excluding carboxylic acids is 1. The maximum Gasteiger partial charge on any atom is 0.147 e. The van der Waals surface area contributed by atoms with E-state index in [0.29, 0.717) is 24.1 Å². The number of carbonyl (C=O) groups is 1. The van der Waals surface area contributed by atoms with Gasteiger partial charge in [0.1, 0.15) is 11.5 Å². The molecule has 16 heavy (non-hydrogen) atoms. The molecule has 0 fully saturated rings. The first-order chi connectivity index (χ1) is 7.71. The summed E-state index contributed by atoms with van der Waals surface area (Å²) in [6, 6.07) is 5.45. The third-order valence-electron chi connectivity index (χ3n) is 2.15. The Morgan fingerprint density at radius 2 is 2.25 bits per heavy atom. The number of aliphatic hydroxyl groups excluding tert-OH is 1. The van der Waals surface area contributed by atoms with Crippen LogP contribution in [-0.4, -0.2) is 22.8 Å². The summed E-state index contributed by atoms with van der Waals surface area (Å²) in [7, 11) is 0. The molecule has 1 rings (SSSR count). The van der Waals surface area contributed by atoms with Crippen molar-refractivity contribution in [1.82, 2.24) is 0 Å². The number of ether oxygens (including phenoxy) is 1. The van der Waals surface area contributed by atoms with E-state index in [2.05, 4.69) is 15.9 Å². The molecule has 0 aliphatic carbocycles. The van der Waals surface area contributed by atoms with Gasteiger partial charge >= 0.3 is 0 Å². The predicted molar refractivity (Wildman–Crippen MR) is 66.0 cm³/mol. The van der Waals surface area contributed by atoms with Gasteiger partial charge < -0.3 is 9.84 Å². The Labute approximate surface area is 104 Å². The van der Waals surface area contributed by atoms with Gasteiger partial charge in [-0.25, -0.2) is 0 Å². The molecule has 0 aliphatic heterocycles. The molecule has 1 aromatic carbocycles. The van der Waals surface area contributed by atoms with Crippen molar-refractivity contribution in [3.05, 3.63) is 29.3 Å². The van der Waals surface area contributed by atoms with E-state index >= 15 is 0 Å². The average Bonchev–Trinajstić information content (AvgIpc) is 2.30. The molecule has 0 aliphatic rings. The van der Waals surface area contributed by atoms with Crippen molar-refractivity contribution >= 4 is 21.7 Å². The zero-order valence-corrected chi connectivity index (χ0v) is 10.8. The van der Waals surface area contributed by atoms with E-state index in [1.54, 1.807) is 6.07 Å². The van der Waals surface area contributed by atoms with Gasteiger partial charge in [-0.2, -0.15) is 0 Å². The highest BCUT2D eigenvalue weighted by atomic mass is 79.9. The lowest BCUT2D eigenvalue weighted by Crippen LogP contribution is -2.05. The maximum atomic E-state index is 11.3. The minimum Gasteiger partial charge on any atom is -0.493 e. The van der Waals surface area contributed by atoms with Crippen molar-refractivity contribution < 1.29 is 14.6 Å². The molecule has 0 amide bonds. The number of aliphatic hydroxyl groups is 1. The molecule has 3 nitrogen and oxygen atoms in total. The van der Waals surface area contributed by atoms with Gasteiger partial charge in [-0.1, -0.05) is 28.1 Å². The highest BCUT2D eigenvalue weighted by Gasteiger charge is 2.07. The molecule has 0 unspecified atom stereocenters. The maximum absolute atomic E-state index is 11.3. The first-order valence-electron chi connectivity index (χ1n) is 5.14. The highest BCUT2D eigenvalue weighted by Crippen LogP contribution is 2.21. The number of hydrogen-bond acceptors (Lipinski definition) is 3. The normalized spacial score (nSPS) is 10.2. The number of benzene rings is 1. The van der Waals surface area contributed by atoms with Crippen LogP contribution in [0.3, 0.4) is 0 Å². The summed E-state index contributed by atoms with van der Waals surface area (Å²) in [6.07, 6.45) is 0.386. The van der Waals surface area contributed by atoms with Gasteiger partial charge in [0.05, 0.1) is 18.5 Å². The number of Topliss-reactive ketones (excluding diaryl/α,β-unsaturated/α-hetero) is 1. The molecule has 0 atom stereocenters. The topological polar surface area (TPSA) is 46.5 Å². The van der Waals surface area contributed by atoms with Crippen LogP contribution in [0.1, 0.15) is 18.1 Å². The number of ketones is 1. The Morgan fingerprint density at radius 1 is 1.50 bits per heavy atom. The van der Waals surface area contributed by atoms with Crippen LogP contribution in [0.25, 0.3) is 0 Å². The number of halogens is 1. The summed E-state index contributed by atoms with van der Waals surface area (Å²) >= 11 is 3.13. The Bertz CT molecular complexity index is 363. The molecular formula is C12H15BrO3. The van der Waals surface area contributed by atoms with Gasteiger partial charge in [-0.05, 0) is 18.6 Å². The van der Waals surface area contributed by atoms with Gasteiger partial charge in [-0.15, -0.1) is 0 Å². The molecule has 0 aromatic heterocycles. The molecule has 0 heterocycles. The molecule has 0 radical (unpaired) electrons. The van der Waals surface area contributed by atoms with Crippen LogP contribution in [0.5, 0.6) is 5.75 Å². The summed E-state index contributed by atoms with van der Waals surface area (Å²) < 4.78 is 5.40. The average molecular weight is 287 g/mol. The van der Waals surface area contributed by atoms with Crippen LogP contribution in [-0.2, 0) is 17.8 Å². The summed E-state index contributed by atoms with van der Waals surface area (Å²) in [4.78, 5) is 11.3. The van der Waals surface area contributed by atoms with Gasteiger partial charge in [0.25, 0.3) is 0 Å². The van der Waals surface area contributed by atoms with Crippen molar-refractivity contribution in [2.75, 3.05) is 11.9 Å². The van der Waals surface area contributed by atoms with Crippen molar-refractivity contribution in [3.63, 3.8) is 0 Å². The Balaban J connectivity index is 2.88. The Hall–Kier alpha value is -0.870. The van der Waals surface area contributed by atoms with Crippen molar-refractivity contribution in [3.8, 4) is 5.75 Å². The molecule has 1 aromatic rings. The van der Waals surface area contributed by atoms with Crippen LogP contribution >= 0.6 is 15.9 Å². The Morgan fingerprint density at radius 3 is 2.81 bits per heavy atom. The second kappa shape index (κ2) is 6.66. The molecule has 0 saturated heterocycles. The van der Waals surface area contributed by atoms with E-state index in [0.717, 1.165) is 11.1 Å². The lowest BCUT2D eigenvalue weighted by Gasteiger charge is -2.10. The first-order valence-corrected chi connectivity index (χ1v) is 6.26. The van der Waals surface area contributed by atoms with Crippen molar-refractivity contribution in [2.45, 2.75) is 20.0 Å². The molecule has 88 valence electrons. The minimum atomic E-state index is -0.0536. The third-order valence-corrected chi connectivity index (χ3v) is 2.78. The van der Waals surface area contributed by atoms with Crippen molar-refractivity contribution in [1.29, 1.82) is 0 Å². The summed E-state index contributed by atoms with van der Waals surface area (Å²) in [5.41, 5.74) is 1.65. The van der Waals surface area contributed by atoms with E-state index in [1.807, 2.05) is 19.1 Å². The van der Waals surface area contributed by atoms with Crippen molar-refractivity contribution in [2.24, 2.45) is 0 Å². The van der Waals surface area contributed by atoms with Crippen LogP contribution in [0, 0.1) is 0 Å². The Kier molecular flexibility index (Phi) is 5.49. The SMILES string of the molecule is CCOc1cc(CC(=O)CBr)ccc1CO. The largest absolute Gasteiger partial charge is 0.493 e. The summed E-state index contributed by atoms with van der Waals surface area (Å²) in [5, 5.41) is 9.47. The fourth-order valence-electron chi connectivity index (χ4n) is 1.40. The van der Waals surface area contributed by atoms with Gasteiger partial charge in [0, 0.05) is 12.0 Å². The number of alkyl halides is 1. The second-order valence-electron chi connectivity index (χ2n) is 3.38. The smallest absolute Gasteiger partial charge is 0.147 e. The van der Waals surface area contributed by atoms with Gasteiger partial charge in [0.15, 0.2) is 0 Å². The first kappa shape index (κ1) is 13.2. The third kappa shape index (κ3) is 3.61. The van der Waals surface area contributed by atoms with Gasteiger partial charge in [-0.3, -0.25) is 4.79 Å². The van der Waals surface area contributed by atoms with E-state index in [-0.39, 0.29) is 12.4 Å². The van der Waals surface area contributed by atoms with Crippen LogP contribution < -0.4 is 4.74 Å². The van der Waals surface area contributed by atoms with E-state index < -0.39 is 0 Å². The monoisotopic (exact) mass is 286 g/mol. The predicted octanol–water partition coefficient (Wildman–Crippen LogP) is 2.08. The molecular weight excluding hydrogens is 272 g/mol. The zero-order chi connectivity index (χ0) is 12.0. The highest BCUT2D eigenvalue weighted by molar-refractivity contribution is 9.09. The molecule has 1 N–H and O–H groups in total. The standard InChI is InChI=1S/C12H15BrO3/c1-2-16-12-6-9(5-11(15)7-13)3-4-10(12)8-14/h3-4,6,14H,2,5,7-8H2,1H3. The molecule has 0 saturated carbocycles. The molecule has 4 heteroatoms. The second-order valence-corrected chi connectivity index (χ2v) is 3.94. The fraction of sp³-hybridized carbons (Fsp3) is 0.417. The van der Waals surface area contributed by atoms with Crippen LogP contribution in [0.2, 0.25) is 0 Å². The summed E-state index contributed by atoms with van der Waals surface area (Å²) in [6.45, 7) is 2.38. The number of hydrogen-bond donors (Lipinski definition) is 1. The van der Waals surface area contributed by atoms with Crippen LogP contribution in [0.15, 0.2) is 18.2 Å². The molecule has 0 bridgehead atoms. The number of rotatable bonds is 6. The van der Waals surface area contributed by atoms with E-state index in [9.17, 15) is 4.79 Å². The van der Waals surface area contributed by atoms with Gasteiger partial charge in [0.2, 0.25) is 0 Å². The van der Waals surface area contributed by atoms with Crippen LogP contribution in [0.4, 0.5) is 0 Å². The molecule has 0 spiro atoms. The zero-order valence-electron chi connectivity index (χ0n) is 9.20. The lowest BCUT2D eigenvalue weighted by atomic mass is 10.1. The fourth-order valence-corrected chi connectivity index (χ4v) is 1.60. The quantitative estimate of drug-likeness (QED) is 0.815. The lowest BCUT2D eigenvalue weighted by molar-refractivity contribution is -0.115. The minimum absolute atomic E-state index is 0.0536. The van der Waals surface area contributed by atoms with E-state index in [4.69, 9.17) is 9.84 Å².